The maximum absolute atomic E-state index is 12.5. The van der Waals surface area contributed by atoms with E-state index in [4.69, 9.17) is 5.73 Å². The zero-order valence-corrected chi connectivity index (χ0v) is 20.7. The van der Waals surface area contributed by atoms with Gasteiger partial charge in [0, 0.05) is 36.6 Å². The Morgan fingerprint density at radius 3 is 2.32 bits per heavy atom. The minimum absolute atomic E-state index is 0. The Bertz CT molecular complexity index is 886. The van der Waals surface area contributed by atoms with Gasteiger partial charge in [-0.3, -0.25) is 4.99 Å². The van der Waals surface area contributed by atoms with Crippen LogP contribution in [0.2, 0.25) is 0 Å². The van der Waals surface area contributed by atoms with Crippen LogP contribution in [0.1, 0.15) is 29.9 Å². The second-order valence-electron chi connectivity index (χ2n) is 6.33. The summed E-state index contributed by atoms with van der Waals surface area (Å²) in [5.41, 5.74) is 9.19. The lowest BCUT2D eigenvalue weighted by Crippen LogP contribution is -2.29. The van der Waals surface area contributed by atoms with Crippen LogP contribution < -0.4 is 11.1 Å². The molecule has 0 aliphatic heterocycles. The summed E-state index contributed by atoms with van der Waals surface area (Å²) in [7, 11) is -3.39. The van der Waals surface area contributed by atoms with E-state index in [0.717, 1.165) is 21.7 Å². The molecule has 2 rings (SSSR count). The third kappa shape index (κ3) is 6.71. The Balaban J connectivity index is 0.00000392. The standard InChI is InChI=1S/C19H28N4O2S2.HI/c1-5-23(6-2)27(24,25)18-8-7-17(26-18)9-10-21-19(20)22-16-12-14(3)11-15(4)13-16;/h7-8,11-13H,5-6,9-10H2,1-4H3,(H3,20,21,22);1H. The van der Waals surface area contributed by atoms with Crippen molar-refractivity contribution in [3.8, 4) is 0 Å². The van der Waals surface area contributed by atoms with Crippen LogP contribution >= 0.6 is 35.3 Å². The number of nitrogens with two attached hydrogens (primary N) is 1. The fourth-order valence-electron chi connectivity index (χ4n) is 2.84. The number of sulfonamides is 1. The third-order valence-electron chi connectivity index (χ3n) is 4.07. The van der Waals surface area contributed by atoms with Crippen molar-refractivity contribution < 1.29 is 8.42 Å². The van der Waals surface area contributed by atoms with E-state index in [1.165, 1.54) is 15.6 Å². The maximum Gasteiger partial charge on any atom is 0.252 e. The summed E-state index contributed by atoms with van der Waals surface area (Å²) in [5.74, 6) is 0.354. The number of nitrogens with zero attached hydrogens (tertiary/aromatic N) is 2. The molecule has 0 spiro atoms. The Labute approximate surface area is 189 Å². The fraction of sp³-hybridized carbons (Fsp3) is 0.421. The first-order valence-electron chi connectivity index (χ1n) is 9.00. The van der Waals surface area contributed by atoms with Gasteiger partial charge in [-0.25, -0.2) is 8.42 Å². The van der Waals surface area contributed by atoms with Gasteiger partial charge in [-0.15, -0.1) is 35.3 Å². The summed E-state index contributed by atoms with van der Waals surface area (Å²) in [4.78, 5) is 5.32. The van der Waals surface area contributed by atoms with Gasteiger partial charge >= 0.3 is 0 Å². The highest BCUT2D eigenvalue weighted by molar-refractivity contribution is 14.0. The molecule has 0 fully saturated rings. The number of nitrogens with one attached hydrogen (secondary N) is 1. The first-order chi connectivity index (χ1) is 12.8. The molecule has 0 amide bonds. The summed E-state index contributed by atoms with van der Waals surface area (Å²) in [6.45, 7) is 9.19. The summed E-state index contributed by atoms with van der Waals surface area (Å²) < 4.78 is 26.9. The van der Waals surface area contributed by atoms with Crippen molar-refractivity contribution in [2.45, 2.75) is 38.3 Å². The van der Waals surface area contributed by atoms with Crippen LogP contribution in [0.4, 0.5) is 5.69 Å². The number of aryl methyl sites for hydroxylation is 2. The van der Waals surface area contributed by atoms with Crippen molar-refractivity contribution in [2.75, 3.05) is 25.0 Å². The lowest BCUT2D eigenvalue weighted by atomic mass is 10.1. The topological polar surface area (TPSA) is 87.8 Å². The molecule has 0 aliphatic rings. The molecule has 156 valence electrons. The fourth-order valence-corrected chi connectivity index (χ4v) is 5.80. The van der Waals surface area contributed by atoms with Gasteiger partial charge in [-0.05, 0) is 49.2 Å². The second-order valence-corrected chi connectivity index (χ2v) is 9.66. The van der Waals surface area contributed by atoms with Gasteiger partial charge in [0.2, 0.25) is 0 Å². The Kier molecular flexibility index (Phi) is 9.88. The van der Waals surface area contributed by atoms with Crippen molar-refractivity contribution in [1.82, 2.24) is 4.31 Å². The lowest BCUT2D eigenvalue weighted by Gasteiger charge is -2.16. The minimum atomic E-state index is -3.39. The van der Waals surface area contributed by atoms with Crippen molar-refractivity contribution in [3.63, 3.8) is 0 Å². The van der Waals surface area contributed by atoms with Gasteiger partial charge in [0.1, 0.15) is 4.21 Å². The van der Waals surface area contributed by atoms with E-state index in [1.54, 1.807) is 6.07 Å². The smallest absolute Gasteiger partial charge is 0.252 e. The van der Waals surface area contributed by atoms with E-state index in [-0.39, 0.29) is 24.0 Å². The number of hydrogen-bond acceptors (Lipinski definition) is 4. The monoisotopic (exact) mass is 536 g/mol. The zero-order valence-electron chi connectivity index (χ0n) is 16.7. The first kappa shape index (κ1) is 24.9. The number of rotatable bonds is 8. The molecule has 0 bridgehead atoms. The van der Waals surface area contributed by atoms with Crippen molar-refractivity contribution >= 4 is 57.0 Å². The molecule has 6 nitrogen and oxygen atoms in total. The highest BCUT2D eigenvalue weighted by atomic mass is 127. The summed E-state index contributed by atoms with van der Waals surface area (Å²) in [5, 5.41) is 3.10. The van der Waals surface area contributed by atoms with Gasteiger partial charge in [0.15, 0.2) is 5.96 Å². The molecule has 9 heteroatoms. The van der Waals surface area contributed by atoms with Crippen molar-refractivity contribution in [2.24, 2.45) is 10.7 Å². The number of anilines is 1. The van der Waals surface area contributed by atoms with Crippen molar-refractivity contribution in [3.05, 3.63) is 46.3 Å². The van der Waals surface area contributed by atoms with E-state index in [0.29, 0.717) is 36.2 Å². The molecular weight excluding hydrogens is 507 g/mol. The van der Waals surface area contributed by atoms with Crippen molar-refractivity contribution in [1.29, 1.82) is 0 Å². The van der Waals surface area contributed by atoms with Crippen LogP contribution in [-0.2, 0) is 16.4 Å². The number of benzene rings is 1. The van der Waals surface area contributed by atoms with E-state index in [2.05, 4.69) is 16.4 Å². The molecule has 0 atom stereocenters. The SMILES string of the molecule is CCN(CC)S(=O)(=O)c1ccc(CCN=C(N)Nc2cc(C)cc(C)c2)s1.I. The molecule has 0 saturated heterocycles. The molecule has 1 heterocycles. The molecule has 0 radical (unpaired) electrons. The van der Waals surface area contributed by atoms with Gasteiger partial charge < -0.3 is 11.1 Å². The molecule has 28 heavy (non-hydrogen) atoms. The molecule has 0 aliphatic carbocycles. The van der Waals surface area contributed by atoms with E-state index in [9.17, 15) is 8.42 Å². The quantitative estimate of drug-likeness (QED) is 0.304. The summed E-state index contributed by atoms with van der Waals surface area (Å²) >= 11 is 1.30. The van der Waals surface area contributed by atoms with Gasteiger partial charge in [0.25, 0.3) is 10.0 Å². The van der Waals surface area contributed by atoms with Crippen LogP contribution in [0.5, 0.6) is 0 Å². The number of guanidine groups is 1. The number of hydrogen-bond donors (Lipinski definition) is 2. The lowest BCUT2D eigenvalue weighted by molar-refractivity contribution is 0.447. The second kappa shape index (κ2) is 11.1. The van der Waals surface area contributed by atoms with Gasteiger partial charge in [-0.1, -0.05) is 19.9 Å². The summed E-state index contributed by atoms with van der Waals surface area (Å²) in [6, 6.07) is 9.65. The highest BCUT2D eigenvalue weighted by Gasteiger charge is 2.23. The molecule has 1 aromatic heterocycles. The Morgan fingerprint density at radius 1 is 1.14 bits per heavy atom. The van der Waals surface area contributed by atoms with Crippen LogP contribution in [0, 0.1) is 13.8 Å². The molecule has 3 N–H and O–H groups in total. The number of aliphatic imine (C=N–C) groups is 1. The largest absolute Gasteiger partial charge is 0.370 e. The molecule has 0 unspecified atom stereocenters. The van der Waals surface area contributed by atoms with E-state index >= 15 is 0 Å². The van der Waals surface area contributed by atoms with Gasteiger partial charge in [-0.2, -0.15) is 4.31 Å². The van der Waals surface area contributed by atoms with Crippen LogP contribution in [0.25, 0.3) is 0 Å². The molecule has 1 aromatic carbocycles. The molecule has 0 saturated carbocycles. The Morgan fingerprint density at radius 2 is 1.75 bits per heavy atom. The maximum atomic E-state index is 12.5. The predicted molar refractivity (Wildman–Crippen MR) is 130 cm³/mol. The van der Waals surface area contributed by atoms with Crippen LogP contribution in [-0.4, -0.2) is 38.3 Å². The average Bonchev–Trinajstić information content (AvgIpc) is 3.04. The number of halogens is 1. The van der Waals surface area contributed by atoms with E-state index < -0.39 is 10.0 Å². The predicted octanol–water partition coefficient (Wildman–Crippen LogP) is 3.98. The molecule has 2 aromatic rings. The molecular formula is C19H29IN4O2S2. The minimum Gasteiger partial charge on any atom is -0.370 e. The Hall–Kier alpha value is -1.17. The third-order valence-corrected chi connectivity index (χ3v) is 7.73. The zero-order chi connectivity index (χ0) is 20.0. The van der Waals surface area contributed by atoms with E-state index in [1.807, 2.05) is 45.9 Å². The average molecular weight is 537 g/mol. The van der Waals surface area contributed by atoms with Crippen LogP contribution in [0.15, 0.2) is 39.5 Å². The normalized spacial score (nSPS) is 12.1. The van der Waals surface area contributed by atoms with Gasteiger partial charge in [0.05, 0.1) is 0 Å². The summed E-state index contributed by atoms with van der Waals surface area (Å²) in [6.07, 6.45) is 0.646. The van der Waals surface area contributed by atoms with Crippen LogP contribution in [0.3, 0.4) is 0 Å². The highest BCUT2D eigenvalue weighted by Crippen LogP contribution is 2.25. The number of thiophene rings is 1. The first-order valence-corrected chi connectivity index (χ1v) is 11.3.